The lowest BCUT2D eigenvalue weighted by Gasteiger charge is -2.34. The summed E-state index contributed by atoms with van der Waals surface area (Å²) in [6.45, 7) is 8.34. The molecule has 0 heterocycles. The van der Waals surface area contributed by atoms with E-state index >= 15 is 0 Å². The Kier molecular flexibility index (Phi) is 6.57. The van der Waals surface area contributed by atoms with Crippen molar-refractivity contribution in [3.05, 3.63) is 26.6 Å². The number of hydrogen-bond donors (Lipinski definition) is 1. The third-order valence-corrected chi connectivity index (χ3v) is 5.80. The molecule has 0 aromatic heterocycles. The van der Waals surface area contributed by atoms with Crippen LogP contribution in [0.15, 0.2) is 21.1 Å². The van der Waals surface area contributed by atoms with Crippen molar-refractivity contribution in [1.29, 1.82) is 0 Å². The van der Waals surface area contributed by atoms with Crippen LogP contribution >= 0.6 is 31.9 Å². The van der Waals surface area contributed by atoms with Crippen molar-refractivity contribution in [1.82, 2.24) is 5.32 Å². The van der Waals surface area contributed by atoms with Crippen molar-refractivity contribution < 1.29 is 4.74 Å². The highest BCUT2D eigenvalue weighted by atomic mass is 79.9. The maximum absolute atomic E-state index is 5.63. The van der Waals surface area contributed by atoms with E-state index in [4.69, 9.17) is 4.74 Å². The average Bonchev–Trinajstić information content (AvgIpc) is 2.44. The van der Waals surface area contributed by atoms with Crippen molar-refractivity contribution in [3.8, 4) is 5.75 Å². The Hall–Kier alpha value is -0.0600. The third-order valence-electron chi connectivity index (χ3n) is 4.62. The number of rotatable bonds is 5. The fourth-order valence-electron chi connectivity index (χ4n) is 3.12. The van der Waals surface area contributed by atoms with Crippen molar-refractivity contribution in [2.24, 2.45) is 11.8 Å². The maximum atomic E-state index is 5.63. The van der Waals surface area contributed by atoms with E-state index in [-0.39, 0.29) is 0 Å². The van der Waals surface area contributed by atoms with Gasteiger partial charge in [-0.3, -0.25) is 0 Å². The minimum atomic E-state index is 0.637. The molecule has 0 bridgehead atoms. The largest absolute Gasteiger partial charge is 0.492 e. The van der Waals surface area contributed by atoms with Gasteiger partial charge in [0.15, 0.2) is 0 Å². The molecule has 0 spiro atoms. The number of hydrogen-bond acceptors (Lipinski definition) is 2. The van der Waals surface area contributed by atoms with E-state index in [9.17, 15) is 0 Å². The first-order valence-corrected chi connectivity index (χ1v) is 9.45. The number of halogens is 2. The molecular formula is C17H25Br2NO. The van der Waals surface area contributed by atoms with Crippen LogP contribution in [-0.4, -0.2) is 12.6 Å². The van der Waals surface area contributed by atoms with Gasteiger partial charge in [-0.1, -0.05) is 26.7 Å². The van der Waals surface area contributed by atoms with Crippen LogP contribution in [0.25, 0.3) is 0 Å². The Morgan fingerprint density at radius 3 is 2.48 bits per heavy atom. The summed E-state index contributed by atoms with van der Waals surface area (Å²) < 4.78 is 7.66. The highest BCUT2D eigenvalue weighted by Gasteiger charge is 2.26. The first-order valence-electron chi connectivity index (χ1n) is 7.87. The van der Waals surface area contributed by atoms with Crippen LogP contribution in [0.5, 0.6) is 5.75 Å². The SMILES string of the molecule is CCOc1c(Br)cc(CNC2CCCC(C)C2C)cc1Br. The number of ether oxygens (including phenoxy) is 1. The standard InChI is InChI=1S/C17H25Br2NO/c1-4-21-17-14(18)8-13(9-15(17)19)10-20-16-7-5-6-11(2)12(16)3/h8-9,11-12,16,20H,4-7,10H2,1-3H3. The second kappa shape index (κ2) is 7.98. The third kappa shape index (κ3) is 4.46. The highest BCUT2D eigenvalue weighted by Crippen LogP contribution is 2.35. The quantitative estimate of drug-likeness (QED) is 0.679. The normalized spacial score (nSPS) is 25.9. The predicted octanol–water partition coefficient (Wildman–Crippen LogP) is 5.52. The summed E-state index contributed by atoms with van der Waals surface area (Å²) >= 11 is 7.21. The fourth-order valence-corrected chi connectivity index (χ4v) is 4.63. The molecule has 1 aliphatic carbocycles. The Bertz CT molecular complexity index is 455. The van der Waals surface area contributed by atoms with Gasteiger partial charge in [0.1, 0.15) is 5.75 Å². The molecule has 1 saturated carbocycles. The molecule has 1 fully saturated rings. The molecule has 0 aliphatic heterocycles. The van der Waals surface area contributed by atoms with Gasteiger partial charge in [-0.05, 0) is 74.7 Å². The minimum Gasteiger partial charge on any atom is -0.492 e. The van der Waals surface area contributed by atoms with Gasteiger partial charge in [0.2, 0.25) is 0 Å². The lowest BCUT2D eigenvalue weighted by Crippen LogP contribution is -2.40. The van der Waals surface area contributed by atoms with Crippen molar-refractivity contribution >= 4 is 31.9 Å². The minimum absolute atomic E-state index is 0.637. The molecule has 118 valence electrons. The molecule has 0 saturated heterocycles. The van der Waals surface area contributed by atoms with E-state index in [0.29, 0.717) is 12.6 Å². The molecule has 21 heavy (non-hydrogen) atoms. The maximum Gasteiger partial charge on any atom is 0.147 e. The summed E-state index contributed by atoms with van der Waals surface area (Å²) in [5, 5.41) is 3.74. The molecule has 0 amide bonds. The van der Waals surface area contributed by atoms with Gasteiger partial charge in [0, 0.05) is 12.6 Å². The topological polar surface area (TPSA) is 21.3 Å². The van der Waals surface area contributed by atoms with E-state index in [1.165, 1.54) is 24.8 Å². The van der Waals surface area contributed by atoms with E-state index in [1.54, 1.807) is 0 Å². The molecule has 2 nitrogen and oxygen atoms in total. The van der Waals surface area contributed by atoms with Gasteiger partial charge in [-0.25, -0.2) is 0 Å². The van der Waals surface area contributed by atoms with Crippen LogP contribution in [0.2, 0.25) is 0 Å². The second-order valence-electron chi connectivity index (χ2n) is 6.08. The molecule has 1 aliphatic rings. The van der Waals surface area contributed by atoms with Crippen LogP contribution in [-0.2, 0) is 6.54 Å². The zero-order chi connectivity index (χ0) is 15.4. The molecule has 1 aromatic rings. The van der Waals surface area contributed by atoms with Crippen LogP contribution in [0.4, 0.5) is 0 Å². The summed E-state index contributed by atoms with van der Waals surface area (Å²) in [5.41, 5.74) is 1.28. The van der Waals surface area contributed by atoms with Crippen LogP contribution in [0.3, 0.4) is 0 Å². The van der Waals surface area contributed by atoms with Crippen LogP contribution < -0.4 is 10.1 Å². The van der Waals surface area contributed by atoms with E-state index in [2.05, 4.69) is 63.2 Å². The Balaban J connectivity index is 2.00. The summed E-state index contributed by atoms with van der Waals surface area (Å²) in [7, 11) is 0. The lowest BCUT2D eigenvalue weighted by atomic mass is 9.78. The monoisotopic (exact) mass is 417 g/mol. The van der Waals surface area contributed by atoms with Gasteiger partial charge in [-0.2, -0.15) is 0 Å². The molecule has 1 aromatic carbocycles. The number of benzene rings is 1. The van der Waals surface area contributed by atoms with Crippen molar-refractivity contribution in [3.63, 3.8) is 0 Å². The smallest absolute Gasteiger partial charge is 0.147 e. The number of nitrogens with one attached hydrogen (secondary N) is 1. The molecule has 2 rings (SSSR count). The van der Waals surface area contributed by atoms with E-state index in [0.717, 1.165) is 33.1 Å². The summed E-state index contributed by atoms with van der Waals surface area (Å²) in [6, 6.07) is 4.94. The van der Waals surface area contributed by atoms with Gasteiger partial charge in [0.05, 0.1) is 15.6 Å². The molecule has 0 radical (unpaired) electrons. The van der Waals surface area contributed by atoms with Crippen LogP contribution in [0, 0.1) is 11.8 Å². The van der Waals surface area contributed by atoms with Crippen LogP contribution in [0.1, 0.15) is 45.6 Å². The Morgan fingerprint density at radius 2 is 1.86 bits per heavy atom. The second-order valence-corrected chi connectivity index (χ2v) is 7.78. The summed E-state index contributed by atoms with van der Waals surface area (Å²) in [6.07, 6.45) is 4.02. The molecule has 3 unspecified atom stereocenters. The van der Waals surface area contributed by atoms with Gasteiger partial charge < -0.3 is 10.1 Å². The molecular weight excluding hydrogens is 394 g/mol. The zero-order valence-corrected chi connectivity index (χ0v) is 16.3. The lowest BCUT2D eigenvalue weighted by molar-refractivity contribution is 0.206. The average molecular weight is 419 g/mol. The molecule has 4 heteroatoms. The molecule has 3 atom stereocenters. The van der Waals surface area contributed by atoms with Gasteiger partial charge in [0.25, 0.3) is 0 Å². The van der Waals surface area contributed by atoms with Crippen molar-refractivity contribution in [2.45, 2.75) is 52.6 Å². The van der Waals surface area contributed by atoms with Gasteiger partial charge >= 0.3 is 0 Å². The zero-order valence-electron chi connectivity index (χ0n) is 13.1. The summed E-state index contributed by atoms with van der Waals surface area (Å²) in [4.78, 5) is 0. The highest BCUT2D eigenvalue weighted by molar-refractivity contribution is 9.11. The Morgan fingerprint density at radius 1 is 1.19 bits per heavy atom. The predicted molar refractivity (Wildman–Crippen MR) is 95.8 cm³/mol. The molecule has 1 N–H and O–H groups in total. The van der Waals surface area contributed by atoms with Gasteiger partial charge in [-0.15, -0.1) is 0 Å². The fraction of sp³-hybridized carbons (Fsp3) is 0.647. The first kappa shape index (κ1) is 17.3. The van der Waals surface area contributed by atoms with E-state index < -0.39 is 0 Å². The first-order chi connectivity index (χ1) is 10.0. The Labute approximate surface area is 145 Å². The van der Waals surface area contributed by atoms with E-state index in [1.807, 2.05) is 6.92 Å². The van der Waals surface area contributed by atoms with Crippen molar-refractivity contribution in [2.75, 3.05) is 6.61 Å². The summed E-state index contributed by atoms with van der Waals surface area (Å²) in [5.74, 6) is 2.48.